The Balaban J connectivity index is 1.91. The summed E-state index contributed by atoms with van der Waals surface area (Å²) in [6.45, 7) is -0.202. The standard InChI is InChI=1S/C14H12ClFN2O2/c15-9-2-1-3-11(6-9)20-8-14(19)18-10-4-5-13(17)12(16)7-10/h1-7H,8,17H2,(H,18,19). The van der Waals surface area contributed by atoms with Crippen molar-refractivity contribution < 1.29 is 13.9 Å². The van der Waals surface area contributed by atoms with E-state index in [1.165, 1.54) is 12.1 Å². The Morgan fingerprint density at radius 1 is 1.30 bits per heavy atom. The third kappa shape index (κ3) is 3.86. The van der Waals surface area contributed by atoms with Crippen LogP contribution >= 0.6 is 11.6 Å². The lowest BCUT2D eigenvalue weighted by Gasteiger charge is -2.08. The van der Waals surface area contributed by atoms with Crippen molar-refractivity contribution in [2.24, 2.45) is 0 Å². The first kappa shape index (κ1) is 14.1. The molecule has 0 aromatic heterocycles. The second-order valence-corrected chi connectivity index (χ2v) is 4.47. The molecule has 0 aliphatic carbocycles. The predicted octanol–water partition coefficient (Wildman–Crippen LogP) is 3.08. The molecule has 104 valence electrons. The van der Waals surface area contributed by atoms with Gasteiger partial charge in [0, 0.05) is 10.7 Å². The molecular weight excluding hydrogens is 283 g/mol. The van der Waals surface area contributed by atoms with Gasteiger partial charge in [0.05, 0.1) is 5.69 Å². The largest absolute Gasteiger partial charge is 0.484 e. The molecule has 2 rings (SSSR count). The summed E-state index contributed by atoms with van der Waals surface area (Å²) in [5.74, 6) is -0.510. The Bertz CT molecular complexity index is 634. The van der Waals surface area contributed by atoms with Crippen LogP contribution < -0.4 is 15.8 Å². The number of nitrogens with one attached hydrogen (secondary N) is 1. The van der Waals surface area contributed by atoms with Crippen molar-refractivity contribution in [1.29, 1.82) is 0 Å². The van der Waals surface area contributed by atoms with Gasteiger partial charge in [-0.05, 0) is 36.4 Å². The van der Waals surface area contributed by atoms with Gasteiger partial charge in [0.25, 0.3) is 5.91 Å². The van der Waals surface area contributed by atoms with Crippen LogP contribution in [0.1, 0.15) is 0 Å². The number of amides is 1. The molecule has 0 saturated heterocycles. The Morgan fingerprint density at radius 3 is 2.80 bits per heavy atom. The van der Waals surface area contributed by atoms with E-state index < -0.39 is 11.7 Å². The second-order valence-electron chi connectivity index (χ2n) is 4.03. The lowest BCUT2D eigenvalue weighted by Crippen LogP contribution is -2.20. The second kappa shape index (κ2) is 6.25. The van der Waals surface area contributed by atoms with E-state index in [1.54, 1.807) is 24.3 Å². The number of hydrogen-bond donors (Lipinski definition) is 2. The smallest absolute Gasteiger partial charge is 0.262 e. The molecule has 20 heavy (non-hydrogen) atoms. The van der Waals surface area contributed by atoms with E-state index in [4.69, 9.17) is 22.1 Å². The average Bonchev–Trinajstić information content (AvgIpc) is 2.41. The normalized spacial score (nSPS) is 10.1. The number of nitrogen functional groups attached to an aromatic ring is 1. The van der Waals surface area contributed by atoms with Gasteiger partial charge in [0.1, 0.15) is 11.6 Å². The molecule has 2 aromatic carbocycles. The van der Waals surface area contributed by atoms with Crippen LogP contribution in [-0.4, -0.2) is 12.5 Å². The van der Waals surface area contributed by atoms with Gasteiger partial charge >= 0.3 is 0 Å². The number of anilines is 2. The zero-order valence-corrected chi connectivity index (χ0v) is 11.2. The molecular formula is C14H12ClFN2O2. The van der Waals surface area contributed by atoms with E-state index in [-0.39, 0.29) is 12.3 Å². The monoisotopic (exact) mass is 294 g/mol. The molecule has 0 bridgehead atoms. The summed E-state index contributed by atoms with van der Waals surface area (Å²) >= 11 is 5.79. The number of hydrogen-bond acceptors (Lipinski definition) is 3. The van der Waals surface area contributed by atoms with Crippen LogP contribution in [0.25, 0.3) is 0 Å². The fourth-order valence-electron chi connectivity index (χ4n) is 1.51. The van der Waals surface area contributed by atoms with Crippen molar-refractivity contribution in [1.82, 2.24) is 0 Å². The molecule has 0 aliphatic rings. The maximum Gasteiger partial charge on any atom is 0.262 e. The summed E-state index contributed by atoms with van der Waals surface area (Å²) in [6, 6.07) is 10.7. The van der Waals surface area contributed by atoms with Crippen molar-refractivity contribution in [2.45, 2.75) is 0 Å². The topological polar surface area (TPSA) is 64.3 Å². The minimum atomic E-state index is -0.585. The summed E-state index contributed by atoms with van der Waals surface area (Å²) in [7, 11) is 0. The molecule has 0 atom stereocenters. The van der Waals surface area contributed by atoms with Gasteiger partial charge in [0.15, 0.2) is 6.61 Å². The highest BCUT2D eigenvalue weighted by Gasteiger charge is 2.06. The van der Waals surface area contributed by atoms with Crippen LogP contribution in [0.2, 0.25) is 5.02 Å². The van der Waals surface area contributed by atoms with Gasteiger partial charge in [-0.3, -0.25) is 4.79 Å². The highest BCUT2D eigenvalue weighted by atomic mass is 35.5. The highest BCUT2D eigenvalue weighted by molar-refractivity contribution is 6.30. The van der Waals surface area contributed by atoms with Gasteiger partial charge in [-0.1, -0.05) is 17.7 Å². The third-order valence-electron chi connectivity index (χ3n) is 2.45. The number of ether oxygens (including phenoxy) is 1. The highest BCUT2D eigenvalue weighted by Crippen LogP contribution is 2.18. The summed E-state index contributed by atoms with van der Waals surface area (Å²) in [6.07, 6.45) is 0. The zero-order valence-electron chi connectivity index (χ0n) is 10.4. The molecule has 0 spiro atoms. The first-order valence-corrected chi connectivity index (χ1v) is 6.15. The molecule has 3 N–H and O–H groups in total. The zero-order chi connectivity index (χ0) is 14.5. The minimum Gasteiger partial charge on any atom is -0.484 e. The summed E-state index contributed by atoms with van der Waals surface area (Å²) in [5.41, 5.74) is 5.69. The van der Waals surface area contributed by atoms with E-state index in [1.807, 2.05) is 0 Å². The van der Waals surface area contributed by atoms with Gasteiger partial charge < -0.3 is 15.8 Å². The van der Waals surface area contributed by atoms with E-state index in [2.05, 4.69) is 5.32 Å². The maximum atomic E-state index is 13.2. The van der Waals surface area contributed by atoms with Gasteiger partial charge in [-0.2, -0.15) is 0 Å². The number of rotatable bonds is 4. The molecule has 0 aliphatic heterocycles. The molecule has 0 saturated carbocycles. The van der Waals surface area contributed by atoms with Crippen molar-refractivity contribution in [3.05, 3.63) is 53.3 Å². The van der Waals surface area contributed by atoms with Crippen LogP contribution in [0.4, 0.5) is 15.8 Å². The van der Waals surface area contributed by atoms with Crippen molar-refractivity contribution in [2.75, 3.05) is 17.7 Å². The van der Waals surface area contributed by atoms with E-state index >= 15 is 0 Å². The van der Waals surface area contributed by atoms with Crippen molar-refractivity contribution in [3.63, 3.8) is 0 Å². The average molecular weight is 295 g/mol. The fourth-order valence-corrected chi connectivity index (χ4v) is 1.69. The lowest BCUT2D eigenvalue weighted by atomic mass is 10.2. The Hall–Kier alpha value is -2.27. The van der Waals surface area contributed by atoms with Crippen LogP contribution in [0.5, 0.6) is 5.75 Å². The van der Waals surface area contributed by atoms with Crippen LogP contribution in [0.15, 0.2) is 42.5 Å². The summed E-state index contributed by atoms with van der Waals surface area (Å²) in [4.78, 5) is 11.6. The van der Waals surface area contributed by atoms with Gasteiger partial charge in [-0.15, -0.1) is 0 Å². The number of benzene rings is 2. The minimum absolute atomic E-state index is 0.0261. The van der Waals surface area contributed by atoms with E-state index in [0.717, 1.165) is 6.07 Å². The summed E-state index contributed by atoms with van der Waals surface area (Å²) < 4.78 is 18.5. The summed E-state index contributed by atoms with van der Waals surface area (Å²) in [5, 5.41) is 3.02. The number of carbonyl (C=O) groups is 1. The molecule has 4 nitrogen and oxygen atoms in total. The van der Waals surface area contributed by atoms with Gasteiger partial charge in [-0.25, -0.2) is 4.39 Å². The molecule has 2 aromatic rings. The van der Waals surface area contributed by atoms with Crippen LogP contribution in [0, 0.1) is 5.82 Å². The third-order valence-corrected chi connectivity index (χ3v) is 2.69. The predicted molar refractivity (Wildman–Crippen MR) is 76.4 cm³/mol. The number of carbonyl (C=O) groups excluding carboxylic acids is 1. The Kier molecular flexibility index (Phi) is 4.42. The fraction of sp³-hybridized carbons (Fsp3) is 0.0714. The SMILES string of the molecule is Nc1ccc(NC(=O)COc2cccc(Cl)c2)cc1F. The first-order chi connectivity index (χ1) is 9.54. The lowest BCUT2D eigenvalue weighted by molar-refractivity contribution is -0.118. The van der Waals surface area contributed by atoms with Crippen LogP contribution in [-0.2, 0) is 4.79 Å². The van der Waals surface area contributed by atoms with Crippen molar-refractivity contribution in [3.8, 4) is 5.75 Å². The Labute approximate surface area is 120 Å². The Morgan fingerprint density at radius 2 is 2.10 bits per heavy atom. The molecule has 0 heterocycles. The quantitative estimate of drug-likeness (QED) is 0.852. The first-order valence-electron chi connectivity index (χ1n) is 5.78. The molecule has 0 fully saturated rings. The van der Waals surface area contributed by atoms with Gasteiger partial charge in [0.2, 0.25) is 0 Å². The molecule has 0 unspecified atom stereocenters. The molecule has 0 radical (unpaired) electrons. The van der Waals surface area contributed by atoms with Crippen LogP contribution in [0.3, 0.4) is 0 Å². The van der Waals surface area contributed by atoms with E-state index in [0.29, 0.717) is 16.5 Å². The van der Waals surface area contributed by atoms with E-state index in [9.17, 15) is 9.18 Å². The molecule has 1 amide bonds. The maximum absolute atomic E-state index is 13.2. The number of halogens is 2. The number of nitrogens with two attached hydrogens (primary N) is 1. The van der Waals surface area contributed by atoms with Crippen molar-refractivity contribution >= 4 is 28.9 Å². The molecule has 6 heteroatoms.